The van der Waals surface area contributed by atoms with Gasteiger partial charge in [-0.3, -0.25) is 0 Å². The number of rotatable bonds is 2. The largest absolute Gasteiger partial charge is 0.246 e. The Morgan fingerprint density at radius 1 is 1.45 bits per heavy atom. The molecule has 0 saturated heterocycles. The number of benzene rings is 1. The Morgan fingerprint density at radius 3 is 2.64 bits per heavy atom. The van der Waals surface area contributed by atoms with Gasteiger partial charge in [0.15, 0.2) is 0 Å². The third-order valence-electron chi connectivity index (χ3n) is 1.33. The summed E-state index contributed by atoms with van der Waals surface area (Å²) in [6.07, 6.45) is 0. The summed E-state index contributed by atoms with van der Waals surface area (Å²) >= 11 is 0. The average molecular weight is 157 g/mol. The van der Waals surface area contributed by atoms with E-state index in [2.05, 4.69) is 5.18 Å². The minimum absolute atomic E-state index is 0.174. The monoisotopic (exact) mass is 157 g/mol. The van der Waals surface area contributed by atoms with Crippen LogP contribution in [-0.4, -0.2) is 0 Å². The lowest BCUT2D eigenvalue weighted by Gasteiger charge is -1.97. The van der Waals surface area contributed by atoms with Crippen LogP contribution < -0.4 is 0 Å². The molecule has 11 heavy (non-hydrogen) atoms. The third-order valence-corrected chi connectivity index (χ3v) is 1.33. The van der Waals surface area contributed by atoms with Crippen LogP contribution >= 0.6 is 0 Å². The lowest BCUT2D eigenvalue weighted by atomic mass is 10.2. The first-order chi connectivity index (χ1) is 5.29. The highest BCUT2D eigenvalue weighted by Crippen LogP contribution is 2.22. The molecular weight excluding hydrogens is 152 g/mol. The smallest absolute Gasteiger partial charge is 0.131 e. The van der Waals surface area contributed by atoms with Gasteiger partial charge in [0.25, 0.3) is 0 Å². The molecule has 0 amide bonds. The maximum absolute atomic E-state index is 12.6. The molecule has 0 fully saturated rings. The summed E-state index contributed by atoms with van der Waals surface area (Å²) in [5, 5.41) is 2.47. The Hall–Kier alpha value is -1.32. The van der Waals surface area contributed by atoms with Gasteiger partial charge in [0.2, 0.25) is 0 Å². The Balaban J connectivity index is 3.23. The zero-order valence-corrected chi connectivity index (χ0v) is 5.55. The van der Waals surface area contributed by atoms with Crippen LogP contribution in [0, 0.1) is 10.7 Å². The van der Waals surface area contributed by atoms with Crippen LogP contribution in [0.3, 0.4) is 0 Å². The highest BCUT2D eigenvalue weighted by atomic mass is 19.1. The van der Waals surface area contributed by atoms with E-state index in [1.807, 2.05) is 0 Å². The van der Waals surface area contributed by atoms with Crippen LogP contribution in [0.4, 0.5) is 14.5 Å². The van der Waals surface area contributed by atoms with E-state index in [0.717, 1.165) is 6.07 Å². The van der Waals surface area contributed by atoms with Gasteiger partial charge in [-0.05, 0) is 17.3 Å². The molecule has 1 aromatic rings. The van der Waals surface area contributed by atoms with E-state index >= 15 is 0 Å². The van der Waals surface area contributed by atoms with E-state index in [0.29, 0.717) is 0 Å². The molecular formula is C7H5F2NO. The first kappa shape index (κ1) is 7.78. The molecule has 0 radical (unpaired) electrons. The SMILES string of the molecule is O=Nc1cccc(F)c1CF. The second-order valence-electron chi connectivity index (χ2n) is 1.96. The molecule has 0 aromatic heterocycles. The van der Waals surface area contributed by atoms with Crippen molar-refractivity contribution in [3.63, 3.8) is 0 Å². The second kappa shape index (κ2) is 3.18. The number of nitrogens with zero attached hydrogens (tertiary/aromatic N) is 1. The summed E-state index contributed by atoms with van der Waals surface area (Å²) in [4.78, 5) is 9.96. The minimum Gasteiger partial charge on any atom is -0.246 e. The van der Waals surface area contributed by atoms with Crippen molar-refractivity contribution in [1.29, 1.82) is 0 Å². The van der Waals surface area contributed by atoms with Gasteiger partial charge >= 0.3 is 0 Å². The lowest BCUT2D eigenvalue weighted by molar-refractivity contribution is 0.465. The van der Waals surface area contributed by atoms with E-state index < -0.39 is 12.5 Å². The quantitative estimate of drug-likeness (QED) is 0.607. The van der Waals surface area contributed by atoms with Crippen molar-refractivity contribution in [2.45, 2.75) is 6.67 Å². The van der Waals surface area contributed by atoms with E-state index in [1.165, 1.54) is 12.1 Å². The maximum atomic E-state index is 12.6. The van der Waals surface area contributed by atoms with Crippen LogP contribution in [0.15, 0.2) is 23.4 Å². The highest BCUT2D eigenvalue weighted by molar-refractivity contribution is 5.45. The van der Waals surface area contributed by atoms with Gasteiger partial charge in [0.05, 0.1) is 0 Å². The summed E-state index contributed by atoms with van der Waals surface area (Å²) < 4.78 is 24.6. The Morgan fingerprint density at radius 2 is 2.18 bits per heavy atom. The van der Waals surface area contributed by atoms with Crippen molar-refractivity contribution in [2.75, 3.05) is 0 Å². The van der Waals surface area contributed by atoms with Gasteiger partial charge in [-0.25, -0.2) is 8.78 Å². The summed E-state index contributed by atoms with van der Waals surface area (Å²) in [5.74, 6) is -0.732. The van der Waals surface area contributed by atoms with Gasteiger partial charge in [-0.1, -0.05) is 6.07 Å². The van der Waals surface area contributed by atoms with Crippen LogP contribution in [-0.2, 0) is 6.67 Å². The Kier molecular flexibility index (Phi) is 2.25. The molecule has 0 bridgehead atoms. The molecule has 0 N–H and O–H groups in total. The molecule has 0 spiro atoms. The van der Waals surface area contributed by atoms with Crippen LogP contribution in [0.5, 0.6) is 0 Å². The van der Waals surface area contributed by atoms with Crippen molar-refractivity contribution in [3.05, 3.63) is 34.5 Å². The lowest BCUT2D eigenvalue weighted by Crippen LogP contribution is -1.85. The number of nitroso groups, excluding NO2 is 1. The van der Waals surface area contributed by atoms with Crippen molar-refractivity contribution >= 4 is 5.69 Å². The van der Waals surface area contributed by atoms with Crippen LogP contribution in [0.25, 0.3) is 0 Å². The van der Waals surface area contributed by atoms with Crippen molar-refractivity contribution in [3.8, 4) is 0 Å². The molecule has 4 heteroatoms. The molecule has 0 aliphatic heterocycles. The fraction of sp³-hybridized carbons (Fsp3) is 0.143. The highest BCUT2D eigenvalue weighted by Gasteiger charge is 2.07. The molecule has 0 atom stereocenters. The Labute approximate surface area is 61.8 Å². The molecule has 58 valence electrons. The normalized spacial score (nSPS) is 9.64. The van der Waals surface area contributed by atoms with Crippen LogP contribution in [0.2, 0.25) is 0 Å². The summed E-state index contributed by atoms with van der Waals surface area (Å²) in [5.41, 5.74) is -0.449. The fourth-order valence-electron chi connectivity index (χ4n) is 0.765. The second-order valence-corrected chi connectivity index (χ2v) is 1.96. The molecule has 1 aromatic carbocycles. The van der Waals surface area contributed by atoms with Crippen LogP contribution in [0.1, 0.15) is 5.56 Å². The van der Waals surface area contributed by atoms with Gasteiger partial charge in [0.1, 0.15) is 18.2 Å². The number of hydrogen-bond donors (Lipinski definition) is 0. The zero-order chi connectivity index (χ0) is 8.27. The number of halogens is 2. The predicted molar refractivity (Wildman–Crippen MR) is 36.7 cm³/mol. The molecule has 2 nitrogen and oxygen atoms in total. The predicted octanol–water partition coefficient (Wildman–Crippen LogP) is 2.69. The molecule has 0 saturated carbocycles. The minimum atomic E-state index is -1.01. The van der Waals surface area contributed by atoms with E-state index in [-0.39, 0.29) is 11.3 Å². The topological polar surface area (TPSA) is 29.4 Å². The summed E-state index contributed by atoms with van der Waals surface area (Å²) in [6, 6.07) is 3.67. The maximum Gasteiger partial charge on any atom is 0.131 e. The van der Waals surface area contributed by atoms with Gasteiger partial charge in [0, 0.05) is 5.56 Å². The molecule has 0 aliphatic rings. The Bertz CT molecular complexity index is 275. The summed E-state index contributed by atoms with van der Waals surface area (Å²) in [6.45, 7) is -1.01. The molecule has 0 aliphatic carbocycles. The fourth-order valence-corrected chi connectivity index (χ4v) is 0.765. The number of hydrogen-bond acceptors (Lipinski definition) is 2. The number of alkyl halides is 1. The first-order valence-electron chi connectivity index (χ1n) is 2.96. The van der Waals surface area contributed by atoms with Crippen molar-refractivity contribution < 1.29 is 8.78 Å². The average Bonchev–Trinajstić information content (AvgIpc) is 2.04. The summed E-state index contributed by atoms with van der Waals surface area (Å²) in [7, 11) is 0. The molecule has 0 heterocycles. The van der Waals surface area contributed by atoms with Crippen molar-refractivity contribution in [1.82, 2.24) is 0 Å². The van der Waals surface area contributed by atoms with Crippen molar-refractivity contribution in [2.24, 2.45) is 5.18 Å². The zero-order valence-electron chi connectivity index (χ0n) is 5.55. The van der Waals surface area contributed by atoms with Gasteiger partial charge < -0.3 is 0 Å². The van der Waals surface area contributed by atoms with E-state index in [4.69, 9.17) is 0 Å². The standard InChI is InChI=1S/C7H5F2NO/c8-4-5-6(9)2-1-3-7(5)10-11/h1-3H,4H2. The van der Waals surface area contributed by atoms with E-state index in [9.17, 15) is 13.7 Å². The van der Waals surface area contributed by atoms with Gasteiger partial charge in [-0.15, -0.1) is 4.91 Å². The molecule has 1 rings (SSSR count). The van der Waals surface area contributed by atoms with Gasteiger partial charge in [-0.2, -0.15) is 0 Å². The molecule has 0 unspecified atom stereocenters. The first-order valence-corrected chi connectivity index (χ1v) is 2.96. The third kappa shape index (κ3) is 1.39. The van der Waals surface area contributed by atoms with E-state index in [1.54, 1.807) is 0 Å².